The monoisotopic (exact) mass is 819 g/mol. The molecule has 6 unspecified atom stereocenters. The molecule has 0 radical (unpaired) electrons. The van der Waals surface area contributed by atoms with Gasteiger partial charge in [-0.2, -0.15) is 0 Å². The van der Waals surface area contributed by atoms with Crippen LogP contribution in [0.25, 0.3) is 0 Å². The summed E-state index contributed by atoms with van der Waals surface area (Å²) in [5, 5.41) is 36.3. The van der Waals surface area contributed by atoms with Crippen molar-refractivity contribution >= 4 is 17.5 Å². The number of nitrogens with zero attached hydrogens (tertiary/aromatic N) is 3. The van der Waals surface area contributed by atoms with E-state index in [-0.39, 0.29) is 61.7 Å². The van der Waals surface area contributed by atoms with E-state index in [0.29, 0.717) is 48.8 Å². The predicted molar refractivity (Wildman–Crippen MR) is 227 cm³/mol. The number of ether oxygens (including phenoxy) is 4. The maximum absolute atomic E-state index is 14.4. The van der Waals surface area contributed by atoms with Gasteiger partial charge in [-0.1, -0.05) is 63.9 Å². The Hall–Kier alpha value is -4.46. The summed E-state index contributed by atoms with van der Waals surface area (Å²) in [6.07, 6.45) is 8.84. The highest BCUT2D eigenvalue weighted by atomic mass is 16.7. The van der Waals surface area contributed by atoms with E-state index < -0.39 is 34.4 Å². The maximum Gasteiger partial charge on any atom is 0.410 e. The van der Waals surface area contributed by atoms with Crippen molar-refractivity contribution in [3.8, 4) is 17.2 Å². The molecule has 1 amide bonds. The summed E-state index contributed by atoms with van der Waals surface area (Å²) in [7, 11) is 0. The molecular formula is C46H65N3O10. The van der Waals surface area contributed by atoms with Crippen LogP contribution >= 0.6 is 0 Å². The summed E-state index contributed by atoms with van der Waals surface area (Å²) in [5.74, 6) is -0.792. The van der Waals surface area contributed by atoms with Crippen LogP contribution in [0.5, 0.6) is 17.2 Å². The lowest BCUT2D eigenvalue weighted by Crippen LogP contribution is -2.70. The van der Waals surface area contributed by atoms with Gasteiger partial charge in [-0.05, 0) is 100.0 Å². The molecule has 2 N–H and O–H groups in total. The number of carbonyl (C=O) groups is 1. The molecule has 0 bridgehead atoms. The van der Waals surface area contributed by atoms with Crippen LogP contribution in [0.3, 0.4) is 0 Å². The van der Waals surface area contributed by atoms with Crippen molar-refractivity contribution in [1.82, 2.24) is 4.90 Å². The Bertz CT molecular complexity index is 1830. The highest BCUT2D eigenvalue weighted by Gasteiger charge is 2.65. The molecule has 2 aromatic rings. The van der Waals surface area contributed by atoms with Crippen molar-refractivity contribution in [3.63, 3.8) is 0 Å². The SMILES string of the molecule is C=CCOC12Oc3ccc(Oc4cccc([N+](=O)[O-])c4)cc3C3C(CCCCO)C(CCCCO)C=C(C(=NOC(C)(C)C)CC1N(CCC)C(=O)OCC(C)(C)C)C32. The smallest absolute Gasteiger partial charge is 0.410 e. The number of amides is 1. The second-order valence-electron chi connectivity index (χ2n) is 18.1. The minimum atomic E-state index is -1.43. The van der Waals surface area contributed by atoms with Crippen LogP contribution in [0.4, 0.5) is 10.5 Å². The van der Waals surface area contributed by atoms with Crippen LogP contribution in [-0.4, -0.2) is 82.2 Å². The van der Waals surface area contributed by atoms with E-state index in [0.717, 1.165) is 36.8 Å². The van der Waals surface area contributed by atoms with E-state index in [9.17, 15) is 25.1 Å². The molecule has 59 heavy (non-hydrogen) atoms. The number of oxime groups is 1. The van der Waals surface area contributed by atoms with Crippen LogP contribution < -0.4 is 9.47 Å². The fraction of sp³-hybridized carbons (Fsp3) is 0.609. The molecule has 1 aliphatic heterocycles. The van der Waals surface area contributed by atoms with Crippen LogP contribution in [0.1, 0.15) is 111 Å². The number of aliphatic hydroxyl groups excluding tert-OH is 2. The number of hydrogen-bond donors (Lipinski definition) is 2. The third kappa shape index (κ3) is 11.0. The average molecular weight is 820 g/mol. The lowest BCUT2D eigenvalue weighted by atomic mass is 9.55. The van der Waals surface area contributed by atoms with E-state index in [2.05, 4.69) is 12.7 Å². The summed E-state index contributed by atoms with van der Waals surface area (Å²) in [4.78, 5) is 33.5. The summed E-state index contributed by atoms with van der Waals surface area (Å²) >= 11 is 0. The summed E-state index contributed by atoms with van der Waals surface area (Å²) < 4.78 is 26.7. The van der Waals surface area contributed by atoms with Crippen molar-refractivity contribution in [2.75, 3.05) is 33.0 Å². The first-order chi connectivity index (χ1) is 28.1. The van der Waals surface area contributed by atoms with Gasteiger partial charge in [0.25, 0.3) is 5.69 Å². The van der Waals surface area contributed by atoms with E-state index in [1.807, 2.05) is 60.6 Å². The van der Waals surface area contributed by atoms with E-state index in [1.165, 1.54) is 12.1 Å². The van der Waals surface area contributed by atoms with Gasteiger partial charge in [-0.25, -0.2) is 4.79 Å². The van der Waals surface area contributed by atoms with Crippen LogP contribution in [0.15, 0.2) is 71.9 Å². The Morgan fingerprint density at radius 3 is 2.41 bits per heavy atom. The first-order valence-corrected chi connectivity index (χ1v) is 21.2. The van der Waals surface area contributed by atoms with Crippen molar-refractivity contribution in [2.45, 2.75) is 123 Å². The van der Waals surface area contributed by atoms with Crippen LogP contribution in [-0.2, 0) is 14.3 Å². The topological polar surface area (TPSA) is 162 Å². The molecule has 2 aromatic carbocycles. The second kappa shape index (κ2) is 19.7. The van der Waals surface area contributed by atoms with Gasteiger partial charge < -0.3 is 34.0 Å². The first kappa shape index (κ1) is 45.6. The van der Waals surface area contributed by atoms with Gasteiger partial charge in [0.05, 0.1) is 35.8 Å². The van der Waals surface area contributed by atoms with E-state index in [4.69, 9.17) is 28.9 Å². The lowest BCUT2D eigenvalue weighted by Gasteiger charge is -2.60. The molecule has 13 nitrogen and oxygen atoms in total. The van der Waals surface area contributed by atoms with Gasteiger partial charge in [0.2, 0.25) is 5.79 Å². The molecule has 0 aromatic heterocycles. The number of nitro groups is 1. The fourth-order valence-corrected chi connectivity index (χ4v) is 8.68. The number of fused-ring (bicyclic) bond motifs is 2. The zero-order chi connectivity index (χ0) is 43.0. The Morgan fingerprint density at radius 1 is 1.05 bits per heavy atom. The molecular weight excluding hydrogens is 755 g/mol. The molecule has 0 saturated heterocycles. The van der Waals surface area contributed by atoms with Crippen molar-refractivity contribution in [1.29, 1.82) is 0 Å². The number of carbonyl (C=O) groups excluding carboxylic acids is 1. The zero-order valence-electron chi connectivity index (χ0n) is 36.0. The molecule has 1 saturated carbocycles. The van der Waals surface area contributed by atoms with Crippen LogP contribution in [0, 0.1) is 33.3 Å². The molecule has 0 spiro atoms. The second-order valence-corrected chi connectivity index (χ2v) is 18.1. The third-order valence-electron chi connectivity index (χ3n) is 11.0. The van der Waals surface area contributed by atoms with Crippen molar-refractivity contribution < 1.29 is 43.7 Å². The molecule has 1 fully saturated rings. The number of unbranched alkanes of at least 4 members (excludes halogenated alkanes) is 2. The lowest BCUT2D eigenvalue weighted by molar-refractivity contribution is -0.384. The molecule has 6 atom stereocenters. The number of aliphatic hydroxyl groups is 2. The number of non-ortho nitro benzene ring substituents is 1. The molecule has 3 aliphatic rings. The van der Waals surface area contributed by atoms with E-state index >= 15 is 0 Å². The summed E-state index contributed by atoms with van der Waals surface area (Å²) in [6, 6.07) is 11.0. The molecule has 324 valence electrons. The van der Waals surface area contributed by atoms with Gasteiger partial charge in [-0.3, -0.25) is 15.0 Å². The zero-order valence-corrected chi connectivity index (χ0v) is 36.0. The normalized spacial score (nSPS) is 24.3. The minimum absolute atomic E-state index is 0.00686. The average Bonchev–Trinajstić information content (AvgIpc) is 3.18. The highest BCUT2D eigenvalue weighted by molar-refractivity contribution is 6.03. The Labute approximate surface area is 349 Å². The molecule has 2 aliphatic carbocycles. The quantitative estimate of drug-likeness (QED) is 0.0604. The van der Waals surface area contributed by atoms with Gasteiger partial charge in [-0.15, -0.1) is 6.58 Å². The van der Waals surface area contributed by atoms with Crippen molar-refractivity contribution in [2.24, 2.45) is 28.3 Å². The fourth-order valence-electron chi connectivity index (χ4n) is 8.68. The first-order valence-electron chi connectivity index (χ1n) is 21.2. The number of hydrogen-bond acceptors (Lipinski definition) is 11. The Morgan fingerprint density at radius 2 is 1.76 bits per heavy atom. The predicted octanol–water partition coefficient (Wildman–Crippen LogP) is 9.71. The van der Waals surface area contributed by atoms with Crippen LogP contribution in [0.2, 0.25) is 0 Å². The highest BCUT2D eigenvalue weighted by Crippen LogP contribution is 2.62. The Balaban J connectivity index is 1.79. The van der Waals surface area contributed by atoms with Crippen molar-refractivity contribution in [3.05, 3.63) is 82.4 Å². The summed E-state index contributed by atoms with van der Waals surface area (Å²) in [6.45, 7) is 18.8. The number of rotatable bonds is 19. The van der Waals surface area contributed by atoms with Gasteiger partial charge in [0, 0.05) is 43.7 Å². The molecule has 13 heteroatoms. The largest absolute Gasteiger partial charge is 0.459 e. The standard InChI is InChI=1S/C46H65N3O10/c1-9-22-48(43(52)55-30-44(3,4)5)40-29-38(47-59-45(6,7)8)36-26-31(16-11-13-23-50)35(19-12-14-24-51)41-37-28-34(57-33-18-15-17-32(27-33)49(53)54)20-21-39(37)58-46(40,42(36)41)56-25-10-2/h10,15,17-18,20-21,26-28,31,35,40-42,50-51H,2,9,11-14,16,19,22-25,29-30H2,1,3-8H3. The van der Waals surface area contributed by atoms with E-state index in [1.54, 1.807) is 29.2 Å². The number of allylic oxidation sites excluding steroid dienone is 1. The number of nitro benzene ring substituents is 1. The minimum Gasteiger partial charge on any atom is -0.459 e. The summed E-state index contributed by atoms with van der Waals surface area (Å²) in [5.41, 5.74) is 1.52. The Kier molecular flexibility index (Phi) is 15.3. The number of benzene rings is 2. The third-order valence-corrected chi connectivity index (χ3v) is 11.0. The van der Waals surface area contributed by atoms with Gasteiger partial charge in [0.15, 0.2) is 0 Å². The molecule has 5 rings (SSSR count). The van der Waals surface area contributed by atoms with Gasteiger partial charge >= 0.3 is 6.09 Å². The van der Waals surface area contributed by atoms with Gasteiger partial charge in [0.1, 0.15) is 28.9 Å². The molecule has 1 heterocycles. The maximum atomic E-state index is 14.4.